The Morgan fingerprint density at radius 2 is 1.87 bits per heavy atom. The van der Waals surface area contributed by atoms with Crippen LogP contribution in [0.4, 0.5) is 0 Å². The molecule has 0 saturated carbocycles. The Hall–Kier alpha value is -3.12. The minimum Gasteiger partial charge on any atom is -0.497 e. The largest absolute Gasteiger partial charge is 0.497 e. The first-order valence-electron chi connectivity index (χ1n) is 10.5. The number of hydrogen-bond acceptors (Lipinski definition) is 4. The van der Waals surface area contributed by atoms with Gasteiger partial charge in [0.05, 0.1) is 13.0 Å². The molecule has 1 fully saturated rings. The summed E-state index contributed by atoms with van der Waals surface area (Å²) < 4.78 is 10.4. The molecule has 1 atom stereocenters. The Balaban J connectivity index is 1.84. The van der Waals surface area contributed by atoms with Crippen molar-refractivity contribution in [2.45, 2.75) is 6.42 Å². The predicted molar refractivity (Wildman–Crippen MR) is 121 cm³/mol. The van der Waals surface area contributed by atoms with Crippen LogP contribution in [0.2, 0.25) is 0 Å². The summed E-state index contributed by atoms with van der Waals surface area (Å²) in [6.45, 7) is 5.66. The van der Waals surface area contributed by atoms with Crippen LogP contribution >= 0.6 is 0 Å². The molecule has 1 saturated heterocycles. The second-order valence-electron chi connectivity index (χ2n) is 7.68. The van der Waals surface area contributed by atoms with E-state index in [1.807, 2.05) is 42.5 Å². The first-order valence-corrected chi connectivity index (χ1v) is 10.5. The van der Waals surface area contributed by atoms with E-state index in [4.69, 9.17) is 9.47 Å². The van der Waals surface area contributed by atoms with E-state index in [2.05, 4.69) is 12.6 Å². The van der Waals surface area contributed by atoms with Crippen molar-refractivity contribution in [3.05, 3.63) is 66.7 Å². The maximum absolute atomic E-state index is 13.2. The number of carbonyl (C=O) groups excluding carboxylic acids is 2. The molecule has 0 aliphatic carbocycles. The van der Waals surface area contributed by atoms with Gasteiger partial charge in [0.15, 0.2) is 0 Å². The standard InChI is InChI=1S/C25H30N2O4/c1-4-11-26-12-13-27(24(28)18-30-2)17-22(25(26)29)15-19-7-5-8-20(14-19)21-9-6-10-23(16-21)31-3/h4-10,14,16,22H,1,11-13,15,17-18H2,2-3H3. The molecule has 2 amide bonds. The smallest absolute Gasteiger partial charge is 0.248 e. The number of ether oxygens (including phenoxy) is 2. The van der Waals surface area contributed by atoms with Crippen molar-refractivity contribution >= 4 is 11.8 Å². The molecule has 0 radical (unpaired) electrons. The summed E-state index contributed by atoms with van der Waals surface area (Å²) in [4.78, 5) is 29.2. The minimum atomic E-state index is -0.316. The summed E-state index contributed by atoms with van der Waals surface area (Å²) in [6.07, 6.45) is 2.28. The summed E-state index contributed by atoms with van der Waals surface area (Å²) in [6, 6.07) is 16.1. The van der Waals surface area contributed by atoms with Gasteiger partial charge in [0.25, 0.3) is 0 Å². The highest BCUT2D eigenvalue weighted by Crippen LogP contribution is 2.26. The van der Waals surface area contributed by atoms with Gasteiger partial charge in [-0.25, -0.2) is 0 Å². The van der Waals surface area contributed by atoms with Gasteiger partial charge >= 0.3 is 0 Å². The molecule has 1 heterocycles. The molecule has 0 spiro atoms. The lowest BCUT2D eigenvalue weighted by atomic mass is 9.94. The monoisotopic (exact) mass is 422 g/mol. The van der Waals surface area contributed by atoms with E-state index >= 15 is 0 Å². The Morgan fingerprint density at radius 1 is 1.13 bits per heavy atom. The Morgan fingerprint density at radius 3 is 2.58 bits per heavy atom. The third-order valence-electron chi connectivity index (χ3n) is 5.52. The minimum absolute atomic E-state index is 0.0215. The highest BCUT2D eigenvalue weighted by atomic mass is 16.5. The third kappa shape index (κ3) is 5.73. The normalized spacial score (nSPS) is 16.7. The van der Waals surface area contributed by atoms with Crippen molar-refractivity contribution in [2.24, 2.45) is 5.92 Å². The molecule has 164 valence electrons. The van der Waals surface area contributed by atoms with Crippen molar-refractivity contribution < 1.29 is 19.1 Å². The van der Waals surface area contributed by atoms with E-state index in [1.54, 1.807) is 23.0 Å². The lowest BCUT2D eigenvalue weighted by molar-refractivity contribution is -0.136. The third-order valence-corrected chi connectivity index (χ3v) is 5.52. The number of hydrogen-bond donors (Lipinski definition) is 0. The molecule has 1 unspecified atom stereocenters. The number of carbonyl (C=O) groups is 2. The fraction of sp³-hybridized carbons (Fsp3) is 0.360. The SMILES string of the molecule is C=CCN1CCN(C(=O)COC)CC(Cc2cccc(-c3cccc(OC)c3)c2)C1=O. The summed E-state index contributed by atoms with van der Waals surface area (Å²) in [5.74, 6) is 0.448. The zero-order valence-corrected chi connectivity index (χ0v) is 18.3. The van der Waals surface area contributed by atoms with E-state index in [0.29, 0.717) is 32.6 Å². The second-order valence-corrected chi connectivity index (χ2v) is 7.68. The highest BCUT2D eigenvalue weighted by Gasteiger charge is 2.31. The van der Waals surface area contributed by atoms with Gasteiger partial charge in [0.1, 0.15) is 12.4 Å². The highest BCUT2D eigenvalue weighted by molar-refractivity contribution is 5.83. The van der Waals surface area contributed by atoms with Crippen LogP contribution in [0, 0.1) is 5.92 Å². The first kappa shape index (κ1) is 22.6. The molecular formula is C25H30N2O4. The van der Waals surface area contributed by atoms with Gasteiger partial charge in [-0.2, -0.15) is 0 Å². The fourth-order valence-electron chi connectivity index (χ4n) is 3.94. The maximum atomic E-state index is 13.2. The average Bonchev–Trinajstić information content (AvgIpc) is 2.94. The quantitative estimate of drug-likeness (QED) is 0.614. The molecule has 1 aliphatic rings. The number of benzene rings is 2. The zero-order chi connectivity index (χ0) is 22.2. The molecular weight excluding hydrogens is 392 g/mol. The van der Waals surface area contributed by atoms with Gasteiger partial charge in [-0.15, -0.1) is 6.58 Å². The van der Waals surface area contributed by atoms with Gasteiger partial charge in [-0.05, 0) is 35.2 Å². The van der Waals surface area contributed by atoms with Crippen LogP contribution in [0.1, 0.15) is 5.56 Å². The van der Waals surface area contributed by atoms with Crippen LogP contribution in [-0.4, -0.2) is 68.6 Å². The second kappa shape index (κ2) is 10.8. The van der Waals surface area contributed by atoms with Crippen LogP contribution in [0.15, 0.2) is 61.2 Å². The molecule has 0 aromatic heterocycles. The summed E-state index contributed by atoms with van der Waals surface area (Å²) in [7, 11) is 3.16. The molecule has 3 rings (SSSR count). The molecule has 0 N–H and O–H groups in total. The molecule has 1 aliphatic heterocycles. The van der Waals surface area contributed by atoms with Gasteiger partial charge in [0, 0.05) is 33.3 Å². The summed E-state index contributed by atoms with van der Waals surface area (Å²) in [5.41, 5.74) is 3.17. The molecule has 0 bridgehead atoms. The van der Waals surface area contributed by atoms with Crippen molar-refractivity contribution in [3.63, 3.8) is 0 Å². The zero-order valence-electron chi connectivity index (χ0n) is 18.3. The lowest BCUT2D eigenvalue weighted by Crippen LogP contribution is -2.39. The van der Waals surface area contributed by atoms with E-state index in [9.17, 15) is 9.59 Å². The topological polar surface area (TPSA) is 59.1 Å². The Kier molecular flexibility index (Phi) is 7.84. The number of amides is 2. The predicted octanol–water partition coefficient (Wildman–Crippen LogP) is 3.02. The van der Waals surface area contributed by atoms with Crippen LogP contribution in [0.3, 0.4) is 0 Å². The van der Waals surface area contributed by atoms with E-state index in [1.165, 1.54) is 7.11 Å². The van der Waals surface area contributed by atoms with E-state index < -0.39 is 0 Å². The van der Waals surface area contributed by atoms with Crippen molar-refractivity contribution in [2.75, 3.05) is 47.0 Å². The first-order chi connectivity index (χ1) is 15.0. The van der Waals surface area contributed by atoms with Gasteiger partial charge in [-0.3, -0.25) is 9.59 Å². The molecule has 2 aromatic rings. The van der Waals surface area contributed by atoms with Crippen LogP contribution in [-0.2, 0) is 20.7 Å². The molecule has 31 heavy (non-hydrogen) atoms. The number of rotatable bonds is 8. The van der Waals surface area contributed by atoms with Crippen LogP contribution in [0.25, 0.3) is 11.1 Å². The molecule has 6 nitrogen and oxygen atoms in total. The van der Waals surface area contributed by atoms with Gasteiger partial charge < -0.3 is 19.3 Å². The van der Waals surface area contributed by atoms with E-state index in [0.717, 1.165) is 22.4 Å². The summed E-state index contributed by atoms with van der Waals surface area (Å²) >= 11 is 0. The van der Waals surface area contributed by atoms with Crippen LogP contribution in [0.5, 0.6) is 5.75 Å². The molecule has 6 heteroatoms. The van der Waals surface area contributed by atoms with Crippen molar-refractivity contribution in [3.8, 4) is 16.9 Å². The average molecular weight is 423 g/mol. The van der Waals surface area contributed by atoms with Gasteiger partial charge in [0.2, 0.25) is 11.8 Å². The fourth-order valence-corrected chi connectivity index (χ4v) is 3.94. The lowest BCUT2D eigenvalue weighted by Gasteiger charge is -2.23. The van der Waals surface area contributed by atoms with Gasteiger partial charge in [-0.1, -0.05) is 42.5 Å². The summed E-state index contributed by atoms with van der Waals surface area (Å²) in [5, 5.41) is 0. The van der Waals surface area contributed by atoms with Crippen molar-refractivity contribution in [1.29, 1.82) is 0 Å². The van der Waals surface area contributed by atoms with Crippen molar-refractivity contribution in [1.82, 2.24) is 9.80 Å². The number of nitrogens with zero attached hydrogens (tertiary/aromatic N) is 2. The Bertz CT molecular complexity index is 927. The Labute approximate surface area is 184 Å². The van der Waals surface area contributed by atoms with E-state index in [-0.39, 0.29) is 24.3 Å². The maximum Gasteiger partial charge on any atom is 0.248 e. The number of methoxy groups -OCH3 is 2. The van der Waals surface area contributed by atoms with Crippen LogP contribution < -0.4 is 4.74 Å². The molecule has 2 aromatic carbocycles.